The zero-order valence-corrected chi connectivity index (χ0v) is 12.1. The van der Waals surface area contributed by atoms with Crippen molar-refractivity contribution in [1.29, 1.82) is 0 Å². The van der Waals surface area contributed by atoms with Crippen LogP contribution in [0.1, 0.15) is 31.7 Å². The molecule has 1 fully saturated rings. The van der Waals surface area contributed by atoms with E-state index in [9.17, 15) is 9.90 Å². The van der Waals surface area contributed by atoms with Crippen LogP contribution in [0.2, 0.25) is 0 Å². The number of carboxylic acid groups (broad SMARTS) is 1. The van der Waals surface area contributed by atoms with Gasteiger partial charge in [-0.25, -0.2) is 0 Å². The fraction of sp³-hybridized carbons (Fsp3) is 0.562. The number of hydrogen-bond acceptors (Lipinski definition) is 3. The Hall–Kier alpha value is -1.39. The van der Waals surface area contributed by atoms with E-state index in [1.165, 1.54) is 0 Å². The van der Waals surface area contributed by atoms with Crippen molar-refractivity contribution in [3.05, 3.63) is 35.9 Å². The maximum Gasteiger partial charge on any atom is 0.323 e. The molecule has 0 aliphatic carbocycles. The molecule has 1 unspecified atom stereocenters. The highest BCUT2D eigenvalue weighted by Gasteiger charge is 2.39. The minimum Gasteiger partial charge on any atom is -0.480 e. The van der Waals surface area contributed by atoms with E-state index in [0.717, 1.165) is 31.6 Å². The van der Waals surface area contributed by atoms with E-state index in [2.05, 4.69) is 17.1 Å². The smallest absolute Gasteiger partial charge is 0.323 e. The molecule has 1 aliphatic rings. The fourth-order valence-electron chi connectivity index (χ4n) is 2.84. The maximum absolute atomic E-state index is 11.8. The van der Waals surface area contributed by atoms with Crippen molar-refractivity contribution in [2.45, 2.75) is 38.3 Å². The molecular weight excluding hydrogens is 252 g/mol. The number of likely N-dealkylation sites (tertiary alicyclic amines) is 1. The lowest BCUT2D eigenvalue weighted by atomic mass is 9.90. The highest BCUT2D eigenvalue weighted by molar-refractivity contribution is 5.78. The van der Waals surface area contributed by atoms with Gasteiger partial charge in [0.2, 0.25) is 0 Å². The molecule has 2 N–H and O–H groups in total. The second kappa shape index (κ2) is 6.86. The summed E-state index contributed by atoms with van der Waals surface area (Å²) < 4.78 is 0. The minimum absolute atomic E-state index is 0.610. The van der Waals surface area contributed by atoms with Crippen molar-refractivity contribution in [3.63, 3.8) is 0 Å². The van der Waals surface area contributed by atoms with E-state index in [4.69, 9.17) is 0 Å². The summed E-state index contributed by atoms with van der Waals surface area (Å²) in [4.78, 5) is 14.1. The molecule has 0 radical (unpaired) electrons. The first kappa shape index (κ1) is 15.0. The molecule has 1 aromatic rings. The van der Waals surface area contributed by atoms with Gasteiger partial charge in [0.15, 0.2) is 0 Å². The van der Waals surface area contributed by atoms with E-state index in [1.807, 2.05) is 30.3 Å². The third-order valence-corrected chi connectivity index (χ3v) is 4.26. The highest BCUT2D eigenvalue weighted by atomic mass is 16.4. The molecule has 4 heteroatoms. The third kappa shape index (κ3) is 3.58. The molecule has 0 saturated carbocycles. The van der Waals surface area contributed by atoms with Crippen LogP contribution in [0.5, 0.6) is 0 Å². The number of nitrogens with one attached hydrogen (secondary N) is 1. The topological polar surface area (TPSA) is 52.6 Å². The van der Waals surface area contributed by atoms with Crippen molar-refractivity contribution in [2.75, 3.05) is 19.6 Å². The van der Waals surface area contributed by atoms with Crippen LogP contribution in [0.25, 0.3) is 0 Å². The van der Waals surface area contributed by atoms with Gasteiger partial charge in [-0.2, -0.15) is 0 Å². The lowest BCUT2D eigenvalue weighted by molar-refractivity contribution is -0.145. The van der Waals surface area contributed by atoms with Crippen LogP contribution in [-0.2, 0) is 11.3 Å². The largest absolute Gasteiger partial charge is 0.480 e. The van der Waals surface area contributed by atoms with Gasteiger partial charge < -0.3 is 10.0 Å². The van der Waals surface area contributed by atoms with Gasteiger partial charge in [0.05, 0.1) is 0 Å². The number of rotatable bonds is 5. The summed E-state index contributed by atoms with van der Waals surface area (Å²) in [7, 11) is 0. The number of benzene rings is 1. The van der Waals surface area contributed by atoms with Gasteiger partial charge in [-0.15, -0.1) is 0 Å². The molecule has 1 heterocycles. The molecule has 20 heavy (non-hydrogen) atoms. The number of carbonyl (C=O) groups is 1. The molecule has 0 spiro atoms. The second-order valence-corrected chi connectivity index (χ2v) is 5.51. The van der Waals surface area contributed by atoms with Gasteiger partial charge in [-0.3, -0.25) is 10.1 Å². The first-order chi connectivity index (χ1) is 9.66. The Morgan fingerprint density at radius 3 is 2.70 bits per heavy atom. The molecule has 0 aromatic heterocycles. The Morgan fingerprint density at radius 1 is 1.30 bits per heavy atom. The van der Waals surface area contributed by atoms with E-state index in [1.54, 1.807) is 0 Å². The summed E-state index contributed by atoms with van der Waals surface area (Å²) in [6.45, 7) is 5.59. The zero-order valence-electron chi connectivity index (χ0n) is 12.1. The van der Waals surface area contributed by atoms with Crippen LogP contribution in [0, 0.1) is 0 Å². The van der Waals surface area contributed by atoms with Crippen LogP contribution in [0.3, 0.4) is 0 Å². The Labute approximate surface area is 120 Å². The highest BCUT2D eigenvalue weighted by Crippen LogP contribution is 2.23. The van der Waals surface area contributed by atoms with Gasteiger partial charge in [0.1, 0.15) is 5.54 Å². The Balaban J connectivity index is 2.04. The van der Waals surface area contributed by atoms with E-state index in [-0.39, 0.29) is 0 Å². The molecule has 4 nitrogen and oxygen atoms in total. The normalized spacial score (nSPS) is 24.2. The molecule has 1 aromatic carbocycles. The van der Waals surface area contributed by atoms with Crippen LogP contribution < -0.4 is 5.32 Å². The number of hydrogen-bond donors (Lipinski definition) is 2. The van der Waals surface area contributed by atoms with Crippen LogP contribution in [0.15, 0.2) is 30.3 Å². The summed E-state index contributed by atoms with van der Waals surface area (Å²) in [6.07, 6.45) is 2.30. The quantitative estimate of drug-likeness (QED) is 0.865. The lowest BCUT2D eigenvalue weighted by Gasteiger charge is -2.29. The summed E-state index contributed by atoms with van der Waals surface area (Å²) in [5, 5.41) is 13.0. The summed E-state index contributed by atoms with van der Waals surface area (Å²) >= 11 is 0. The minimum atomic E-state index is -0.778. The lowest BCUT2D eigenvalue weighted by Crippen LogP contribution is -2.52. The van der Waals surface area contributed by atoms with Crippen molar-refractivity contribution in [1.82, 2.24) is 10.2 Å². The predicted octanol–water partition coefficient (Wildman–Crippen LogP) is 2.11. The molecule has 1 atom stereocenters. The monoisotopic (exact) mass is 276 g/mol. The molecule has 1 aliphatic heterocycles. The van der Waals surface area contributed by atoms with Crippen LogP contribution in [-0.4, -0.2) is 41.1 Å². The summed E-state index contributed by atoms with van der Waals surface area (Å²) in [5.41, 5.74) is 0.351. The third-order valence-electron chi connectivity index (χ3n) is 4.26. The van der Waals surface area contributed by atoms with Gasteiger partial charge in [-0.05, 0) is 37.9 Å². The number of carboxylic acids is 1. The number of aliphatic carboxylic acids is 1. The fourth-order valence-corrected chi connectivity index (χ4v) is 2.84. The van der Waals surface area contributed by atoms with Crippen LogP contribution >= 0.6 is 0 Å². The average molecular weight is 276 g/mol. The molecule has 0 amide bonds. The van der Waals surface area contributed by atoms with E-state index >= 15 is 0 Å². The van der Waals surface area contributed by atoms with Crippen molar-refractivity contribution >= 4 is 5.97 Å². The van der Waals surface area contributed by atoms with Gasteiger partial charge >= 0.3 is 5.97 Å². The second-order valence-electron chi connectivity index (χ2n) is 5.51. The maximum atomic E-state index is 11.8. The van der Waals surface area contributed by atoms with Gasteiger partial charge in [0, 0.05) is 13.1 Å². The predicted molar refractivity (Wildman–Crippen MR) is 79.6 cm³/mol. The standard InChI is InChI=1S/C16H24N2O2/c1-2-18-11-6-9-16(10-12-18,15(19)20)17-13-14-7-4-3-5-8-14/h3-5,7-8,17H,2,6,9-13H2,1H3,(H,19,20). The van der Waals surface area contributed by atoms with E-state index < -0.39 is 11.5 Å². The SMILES string of the molecule is CCN1CCCC(NCc2ccccc2)(C(=O)O)CC1. The van der Waals surface area contributed by atoms with Gasteiger partial charge in [0.25, 0.3) is 0 Å². The van der Waals surface area contributed by atoms with Crippen molar-refractivity contribution in [2.24, 2.45) is 0 Å². The van der Waals surface area contributed by atoms with Crippen molar-refractivity contribution < 1.29 is 9.90 Å². The Kier molecular flexibility index (Phi) is 5.15. The molecule has 0 bridgehead atoms. The summed E-state index contributed by atoms with van der Waals surface area (Å²) in [6, 6.07) is 9.99. The average Bonchev–Trinajstić information content (AvgIpc) is 2.69. The Morgan fingerprint density at radius 2 is 2.05 bits per heavy atom. The molecule has 110 valence electrons. The Bertz CT molecular complexity index is 435. The number of nitrogens with zero attached hydrogens (tertiary/aromatic N) is 1. The first-order valence-corrected chi connectivity index (χ1v) is 7.41. The summed E-state index contributed by atoms with van der Waals surface area (Å²) in [5.74, 6) is -0.716. The molecular formula is C16H24N2O2. The first-order valence-electron chi connectivity index (χ1n) is 7.41. The van der Waals surface area contributed by atoms with E-state index in [0.29, 0.717) is 19.4 Å². The molecule has 1 saturated heterocycles. The molecule has 2 rings (SSSR count). The van der Waals surface area contributed by atoms with Gasteiger partial charge in [-0.1, -0.05) is 37.3 Å². The van der Waals surface area contributed by atoms with Crippen LogP contribution in [0.4, 0.5) is 0 Å². The zero-order chi connectivity index (χ0) is 14.4. The van der Waals surface area contributed by atoms with Crippen molar-refractivity contribution in [3.8, 4) is 0 Å².